The van der Waals surface area contributed by atoms with Gasteiger partial charge in [0.1, 0.15) is 15.8 Å². The second kappa shape index (κ2) is 6.90. The molecule has 0 saturated heterocycles. The molecule has 0 amide bonds. The molecule has 0 fully saturated rings. The van der Waals surface area contributed by atoms with Gasteiger partial charge in [0.25, 0.3) is 5.56 Å². The van der Waals surface area contributed by atoms with Gasteiger partial charge in [0.05, 0.1) is 15.6 Å². The van der Waals surface area contributed by atoms with Gasteiger partial charge in [-0.3, -0.25) is 4.79 Å². The van der Waals surface area contributed by atoms with Crippen molar-refractivity contribution in [3.63, 3.8) is 0 Å². The lowest BCUT2D eigenvalue weighted by Crippen LogP contribution is -2.32. The zero-order valence-corrected chi connectivity index (χ0v) is 16.6. The summed E-state index contributed by atoms with van der Waals surface area (Å²) in [4.78, 5) is 18.0. The lowest BCUT2D eigenvalue weighted by Gasteiger charge is -2.25. The first-order valence-corrected chi connectivity index (χ1v) is 10.2. The van der Waals surface area contributed by atoms with E-state index in [0.717, 1.165) is 4.68 Å². The van der Waals surface area contributed by atoms with Crippen molar-refractivity contribution < 1.29 is 9.32 Å². The Morgan fingerprint density at radius 1 is 1.07 bits per heavy atom. The third-order valence-electron chi connectivity index (χ3n) is 4.24. The van der Waals surface area contributed by atoms with Crippen LogP contribution in [0, 0.1) is 0 Å². The van der Waals surface area contributed by atoms with Gasteiger partial charge < -0.3 is 5.11 Å². The van der Waals surface area contributed by atoms with Crippen LogP contribution >= 0.6 is 0 Å². The minimum absolute atomic E-state index is 0.0617. The molecule has 3 rings (SSSR count). The van der Waals surface area contributed by atoms with Crippen molar-refractivity contribution in [3.05, 3.63) is 70.8 Å². The van der Waals surface area contributed by atoms with Crippen molar-refractivity contribution >= 4 is 20.6 Å². The summed E-state index contributed by atoms with van der Waals surface area (Å²) in [6, 6.07) is 15.7. The molecule has 1 aromatic heterocycles. The van der Waals surface area contributed by atoms with E-state index in [-0.39, 0.29) is 5.82 Å². The number of aliphatic hydroxyl groups excluding tert-OH is 1. The Labute approximate surface area is 158 Å². The number of fused-ring (bicyclic) bond motifs is 1. The van der Waals surface area contributed by atoms with Crippen molar-refractivity contribution in [1.29, 1.82) is 0 Å². The third kappa shape index (κ3) is 3.40. The molecule has 1 heterocycles. The minimum Gasteiger partial charge on any atom is -0.385 e. The molecule has 3 aromatic rings. The fourth-order valence-corrected chi connectivity index (χ4v) is 4.69. The molecule has 0 aliphatic heterocycles. The van der Waals surface area contributed by atoms with Gasteiger partial charge in [0.2, 0.25) is 0 Å². The summed E-state index contributed by atoms with van der Waals surface area (Å²) in [5.74, 6) is 0.0617. The van der Waals surface area contributed by atoms with Gasteiger partial charge in [-0.1, -0.05) is 30.3 Å². The topological polar surface area (TPSA) is 84.6 Å². The molecule has 0 spiro atoms. The van der Waals surface area contributed by atoms with Crippen LogP contribution in [-0.2, 0) is 9.73 Å². The first-order valence-electron chi connectivity index (χ1n) is 8.67. The van der Waals surface area contributed by atoms with E-state index < -0.39 is 26.1 Å². The molecular weight excluding hydrogens is 362 g/mol. The summed E-state index contributed by atoms with van der Waals surface area (Å²) in [5.41, 5.74) is 0.0104. The number of nitrogens with zero attached hydrogens (tertiary/aromatic N) is 3. The quantitative estimate of drug-likeness (QED) is 0.747. The molecule has 142 valence electrons. The monoisotopic (exact) mass is 385 g/mol. The second-order valence-electron chi connectivity index (χ2n) is 7.31. The Balaban J connectivity index is 2.46. The number of aliphatic hydroxyl groups is 1. The highest BCUT2D eigenvalue weighted by atomic mass is 32.2. The molecule has 0 bridgehead atoms. The van der Waals surface area contributed by atoms with Gasteiger partial charge in [0, 0.05) is 4.90 Å². The number of para-hydroxylation sites is 1. The van der Waals surface area contributed by atoms with Crippen LogP contribution in [0.3, 0.4) is 0 Å². The summed E-state index contributed by atoms with van der Waals surface area (Å²) < 4.78 is 18.7. The third-order valence-corrected chi connectivity index (χ3v) is 7.21. The highest BCUT2D eigenvalue weighted by Crippen LogP contribution is 2.28. The van der Waals surface area contributed by atoms with E-state index >= 15 is 0 Å². The van der Waals surface area contributed by atoms with Gasteiger partial charge in [0.15, 0.2) is 5.82 Å². The molecule has 27 heavy (non-hydrogen) atoms. The van der Waals surface area contributed by atoms with E-state index in [4.69, 9.17) is 0 Å². The summed E-state index contributed by atoms with van der Waals surface area (Å²) in [5, 5.41) is 10.5. The zero-order chi connectivity index (χ0) is 19.8. The van der Waals surface area contributed by atoms with Crippen molar-refractivity contribution in [3.8, 4) is 0 Å². The molecule has 2 aromatic carbocycles. The highest BCUT2D eigenvalue weighted by molar-refractivity contribution is 7.95. The lowest BCUT2D eigenvalue weighted by molar-refractivity contribution is 0.183. The van der Waals surface area contributed by atoms with E-state index in [2.05, 4.69) is 9.46 Å². The molecular formula is C20H23N3O3S. The predicted octanol–water partition coefficient (Wildman–Crippen LogP) is 3.54. The van der Waals surface area contributed by atoms with Crippen LogP contribution in [0.5, 0.6) is 0 Å². The van der Waals surface area contributed by atoms with Gasteiger partial charge >= 0.3 is 0 Å². The van der Waals surface area contributed by atoms with Gasteiger partial charge in [-0.25, -0.2) is 9.19 Å². The number of hydrogen-bond acceptors (Lipinski definition) is 5. The van der Waals surface area contributed by atoms with Crippen molar-refractivity contribution in [2.75, 3.05) is 0 Å². The smallest absolute Gasteiger partial charge is 0.282 e. The molecule has 0 unspecified atom stereocenters. The maximum absolute atomic E-state index is 14.0. The summed E-state index contributed by atoms with van der Waals surface area (Å²) >= 11 is 0. The van der Waals surface area contributed by atoms with Crippen LogP contribution in [0.2, 0.25) is 0 Å². The van der Waals surface area contributed by atoms with Crippen LogP contribution in [0.1, 0.15) is 39.6 Å². The number of hydrogen-bond donors (Lipinski definition) is 1. The number of aromatic nitrogens is 2. The van der Waals surface area contributed by atoms with Gasteiger partial charge in [-0.15, -0.1) is 4.47 Å². The summed E-state index contributed by atoms with van der Waals surface area (Å²) in [6.07, 6.45) is -1.05. The Hall–Kier alpha value is -2.51. The normalized spacial score (nSPS) is 15.3. The standard InChI is InChI=1S/C20H23N3O3S/c1-14(24)18-21-17-13-9-8-12-16(17)19(25)23(18)22-27(26,20(2,3)4)15-10-6-5-7-11-15/h5-14,24H,1-4H3/t14-,27-/m0/s1. The van der Waals surface area contributed by atoms with Crippen LogP contribution in [0.4, 0.5) is 0 Å². The predicted molar refractivity (Wildman–Crippen MR) is 107 cm³/mol. The van der Waals surface area contributed by atoms with Gasteiger partial charge in [-0.05, 0) is 52.0 Å². The molecule has 7 heteroatoms. The van der Waals surface area contributed by atoms with E-state index in [1.807, 2.05) is 26.8 Å². The molecule has 6 nitrogen and oxygen atoms in total. The van der Waals surface area contributed by atoms with Crippen molar-refractivity contribution in [2.45, 2.75) is 43.4 Å². The maximum Gasteiger partial charge on any atom is 0.282 e. The molecule has 0 aliphatic rings. The average molecular weight is 385 g/mol. The highest BCUT2D eigenvalue weighted by Gasteiger charge is 2.30. The second-order valence-corrected chi connectivity index (χ2v) is 10.2. The molecule has 0 saturated carbocycles. The Bertz CT molecular complexity index is 1150. The van der Waals surface area contributed by atoms with Crippen molar-refractivity contribution in [1.82, 2.24) is 9.66 Å². The van der Waals surface area contributed by atoms with Crippen LogP contribution in [0.25, 0.3) is 10.9 Å². The van der Waals surface area contributed by atoms with Crippen molar-refractivity contribution in [2.24, 2.45) is 4.47 Å². The molecule has 0 aliphatic carbocycles. The van der Waals surface area contributed by atoms with Crippen LogP contribution < -0.4 is 5.56 Å². The summed E-state index contributed by atoms with van der Waals surface area (Å²) in [7, 11) is -3.05. The van der Waals surface area contributed by atoms with Crippen LogP contribution in [-0.4, -0.2) is 23.7 Å². The Morgan fingerprint density at radius 2 is 1.67 bits per heavy atom. The minimum atomic E-state index is -3.05. The Kier molecular flexibility index (Phi) is 4.92. The fraction of sp³-hybridized carbons (Fsp3) is 0.300. The fourth-order valence-electron chi connectivity index (χ4n) is 2.73. The SMILES string of the molecule is C[C@H](O)c1nc2ccccc2c(=O)n1N=[S@](=O)(c1ccccc1)C(C)(C)C. The van der Waals surface area contributed by atoms with Crippen LogP contribution in [0.15, 0.2) is 68.8 Å². The molecule has 1 N–H and O–H groups in total. The molecule has 0 radical (unpaired) electrons. The molecule has 2 atom stereocenters. The maximum atomic E-state index is 14.0. The number of rotatable bonds is 3. The zero-order valence-electron chi connectivity index (χ0n) is 15.8. The first-order chi connectivity index (χ1) is 12.6. The first kappa shape index (κ1) is 19.3. The Morgan fingerprint density at radius 3 is 2.26 bits per heavy atom. The number of benzene rings is 2. The summed E-state index contributed by atoms with van der Waals surface area (Å²) in [6.45, 7) is 6.94. The largest absolute Gasteiger partial charge is 0.385 e. The lowest BCUT2D eigenvalue weighted by atomic mass is 10.2. The van der Waals surface area contributed by atoms with E-state index in [0.29, 0.717) is 15.8 Å². The average Bonchev–Trinajstić information content (AvgIpc) is 2.63. The van der Waals surface area contributed by atoms with E-state index in [9.17, 15) is 14.1 Å². The van der Waals surface area contributed by atoms with E-state index in [1.165, 1.54) is 6.92 Å². The van der Waals surface area contributed by atoms with Gasteiger partial charge in [-0.2, -0.15) is 4.68 Å². The van der Waals surface area contributed by atoms with E-state index in [1.54, 1.807) is 48.5 Å².